The number of rotatable bonds is 5. The van der Waals surface area contributed by atoms with Crippen molar-refractivity contribution in [1.29, 1.82) is 0 Å². The van der Waals surface area contributed by atoms with Gasteiger partial charge in [0.05, 0.1) is 6.54 Å². The fourth-order valence-corrected chi connectivity index (χ4v) is 2.71. The minimum Gasteiger partial charge on any atom is -0.357 e. The third kappa shape index (κ3) is 5.42. The second-order valence-electron chi connectivity index (χ2n) is 6.21. The van der Waals surface area contributed by atoms with Gasteiger partial charge in [-0.1, -0.05) is 0 Å². The van der Waals surface area contributed by atoms with E-state index in [1.54, 1.807) is 0 Å². The summed E-state index contributed by atoms with van der Waals surface area (Å²) in [5, 5.41) is 6.44. The SMILES string of the molecule is CCNC(=NCc1cc(F)ccc1F)NCC1CN(C)CCN1C. The number of likely N-dealkylation sites (N-methyl/N-ethyl adjacent to an activating group) is 2. The van der Waals surface area contributed by atoms with Gasteiger partial charge in [0.15, 0.2) is 5.96 Å². The van der Waals surface area contributed by atoms with E-state index in [1.807, 2.05) is 6.92 Å². The monoisotopic (exact) mass is 339 g/mol. The van der Waals surface area contributed by atoms with E-state index >= 15 is 0 Å². The first-order valence-electron chi connectivity index (χ1n) is 8.34. The second kappa shape index (κ2) is 8.94. The maximum absolute atomic E-state index is 13.7. The minimum absolute atomic E-state index is 0.0966. The van der Waals surface area contributed by atoms with Gasteiger partial charge < -0.3 is 15.5 Å². The van der Waals surface area contributed by atoms with Crippen molar-refractivity contribution in [3.8, 4) is 0 Å². The molecule has 0 radical (unpaired) electrons. The van der Waals surface area contributed by atoms with Crippen molar-refractivity contribution in [1.82, 2.24) is 20.4 Å². The third-order valence-electron chi connectivity index (χ3n) is 4.24. The largest absolute Gasteiger partial charge is 0.357 e. The molecule has 1 aromatic carbocycles. The zero-order chi connectivity index (χ0) is 17.5. The summed E-state index contributed by atoms with van der Waals surface area (Å²) in [5.74, 6) is -0.279. The van der Waals surface area contributed by atoms with Crippen molar-refractivity contribution in [2.45, 2.75) is 19.5 Å². The van der Waals surface area contributed by atoms with Gasteiger partial charge >= 0.3 is 0 Å². The van der Waals surface area contributed by atoms with Crippen LogP contribution in [0.4, 0.5) is 8.78 Å². The fourth-order valence-electron chi connectivity index (χ4n) is 2.71. The minimum atomic E-state index is -0.452. The number of hydrogen-bond acceptors (Lipinski definition) is 3. The Balaban J connectivity index is 1.96. The predicted molar refractivity (Wildman–Crippen MR) is 93.1 cm³/mol. The average molecular weight is 339 g/mol. The van der Waals surface area contributed by atoms with E-state index in [0.29, 0.717) is 18.5 Å². The Morgan fingerprint density at radius 2 is 2.04 bits per heavy atom. The highest BCUT2D eigenvalue weighted by Gasteiger charge is 2.22. The van der Waals surface area contributed by atoms with Gasteiger partial charge in [0.2, 0.25) is 0 Å². The van der Waals surface area contributed by atoms with Crippen LogP contribution in [-0.2, 0) is 6.54 Å². The molecule has 1 fully saturated rings. The number of aliphatic imine (C=N–C) groups is 1. The molecule has 0 aromatic heterocycles. The van der Waals surface area contributed by atoms with Gasteiger partial charge in [0.1, 0.15) is 11.6 Å². The molecule has 1 aromatic rings. The van der Waals surface area contributed by atoms with Crippen LogP contribution in [0.5, 0.6) is 0 Å². The van der Waals surface area contributed by atoms with Crippen molar-refractivity contribution >= 4 is 5.96 Å². The number of hydrogen-bond donors (Lipinski definition) is 2. The van der Waals surface area contributed by atoms with Crippen LogP contribution < -0.4 is 10.6 Å². The number of nitrogens with one attached hydrogen (secondary N) is 2. The molecule has 0 aliphatic carbocycles. The quantitative estimate of drug-likeness (QED) is 0.626. The molecule has 0 spiro atoms. The van der Waals surface area contributed by atoms with Crippen molar-refractivity contribution in [3.63, 3.8) is 0 Å². The van der Waals surface area contributed by atoms with E-state index in [4.69, 9.17) is 0 Å². The van der Waals surface area contributed by atoms with E-state index in [0.717, 1.165) is 38.3 Å². The van der Waals surface area contributed by atoms with E-state index in [2.05, 4.69) is 39.5 Å². The van der Waals surface area contributed by atoms with Crippen LogP contribution in [0.3, 0.4) is 0 Å². The lowest BCUT2D eigenvalue weighted by Crippen LogP contribution is -2.55. The molecule has 0 amide bonds. The molecular formula is C17H27F2N5. The van der Waals surface area contributed by atoms with E-state index in [-0.39, 0.29) is 12.1 Å². The smallest absolute Gasteiger partial charge is 0.191 e. The van der Waals surface area contributed by atoms with Gasteiger partial charge in [-0.25, -0.2) is 13.8 Å². The lowest BCUT2D eigenvalue weighted by atomic mass is 10.2. The average Bonchev–Trinajstić information content (AvgIpc) is 2.56. The first-order chi connectivity index (χ1) is 11.5. The summed E-state index contributed by atoms with van der Waals surface area (Å²) in [6.45, 7) is 6.61. The summed E-state index contributed by atoms with van der Waals surface area (Å²) >= 11 is 0. The summed E-state index contributed by atoms with van der Waals surface area (Å²) < 4.78 is 26.9. The summed E-state index contributed by atoms with van der Waals surface area (Å²) in [4.78, 5) is 9.00. The van der Waals surface area contributed by atoms with Gasteiger partial charge in [0, 0.05) is 44.3 Å². The highest BCUT2D eigenvalue weighted by atomic mass is 19.1. The Labute approximate surface area is 142 Å². The van der Waals surface area contributed by atoms with Gasteiger partial charge in [-0.2, -0.15) is 0 Å². The number of guanidine groups is 1. The zero-order valence-electron chi connectivity index (χ0n) is 14.6. The third-order valence-corrected chi connectivity index (χ3v) is 4.24. The first kappa shape index (κ1) is 18.6. The van der Waals surface area contributed by atoms with Crippen LogP contribution in [0.2, 0.25) is 0 Å². The van der Waals surface area contributed by atoms with Crippen LogP contribution in [0.25, 0.3) is 0 Å². The Kier molecular flexibility index (Phi) is 6.93. The molecule has 1 unspecified atom stereocenters. The molecule has 0 saturated carbocycles. The molecule has 1 saturated heterocycles. The molecule has 1 aliphatic rings. The van der Waals surface area contributed by atoms with Gasteiger partial charge in [-0.05, 0) is 39.2 Å². The van der Waals surface area contributed by atoms with Gasteiger partial charge in [-0.15, -0.1) is 0 Å². The molecular weight excluding hydrogens is 312 g/mol. The molecule has 1 atom stereocenters. The Bertz CT molecular complexity index is 564. The van der Waals surface area contributed by atoms with E-state index < -0.39 is 11.6 Å². The lowest BCUT2D eigenvalue weighted by molar-refractivity contribution is 0.116. The fraction of sp³-hybridized carbons (Fsp3) is 0.588. The Morgan fingerprint density at radius 3 is 2.79 bits per heavy atom. The summed E-state index contributed by atoms with van der Waals surface area (Å²) in [5.41, 5.74) is 0.252. The van der Waals surface area contributed by atoms with Gasteiger partial charge in [0.25, 0.3) is 0 Å². The predicted octanol–water partition coefficient (Wildman–Crippen LogP) is 1.27. The highest BCUT2D eigenvalue weighted by Crippen LogP contribution is 2.10. The normalized spacial score (nSPS) is 20.2. The molecule has 134 valence electrons. The standard InChI is InChI=1S/C17H27F2N5/c1-4-20-17(21-10-13-9-14(18)5-6-16(13)19)22-11-15-12-23(2)7-8-24(15)3/h5-6,9,15H,4,7-8,10-12H2,1-3H3,(H2,20,21,22). The molecule has 2 rings (SSSR count). The topological polar surface area (TPSA) is 42.9 Å². The van der Waals surface area contributed by atoms with Crippen molar-refractivity contribution < 1.29 is 8.78 Å². The second-order valence-corrected chi connectivity index (χ2v) is 6.21. The van der Waals surface area contributed by atoms with Crippen LogP contribution in [0, 0.1) is 11.6 Å². The highest BCUT2D eigenvalue weighted by molar-refractivity contribution is 5.79. The van der Waals surface area contributed by atoms with Crippen LogP contribution in [0.1, 0.15) is 12.5 Å². The number of benzene rings is 1. The molecule has 0 bridgehead atoms. The van der Waals surface area contributed by atoms with Crippen LogP contribution in [-0.4, -0.2) is 68.6 Å². The number of piperazine rings is 1. The molecule has 7 heteroatoms. The maximum Gasteiger partial charge on any atom is 0.191 e. The summed E-state index contributed by atoms with van der Waals surface area (Å²) in [6, 6.07) is 3.82. The summed E-state index contributed by atoms with van der Waals surface area (Å²) in [7, 11) is 4.23. The molecule has 5 nitrogen and oxygen atoms in total. The number of nitrogens with zero attached hydrogens (tertiary/aromatic N) is 3. The van der Waals surface area contributed by atoms with Crippen LogP contribution >= 0.6 is 0 Å². The molecule has 2 N–H and O–H groups in total. The van der Waals surface area contributed by atoms with Crippen LogP contribution in [0.15, 0.2) is 23.2 Å². The summed E-state index contributed by atoms with van der Waals surface area (Å²) in [6.07, 6.45) is 0. The lowest BCUT2D eigenvalue weighted by Gasteiger charge is -2.37. The van der Waals surface area contributed by atoms with Gasteiger partial charge in [-0.3, -0.25) is 4.90 Å². The van der Waals surface area contributed by atoms with Crippen molar-refractivity contribution in [3.05, 3.63) is 35.4 Å². The molecule has 1 heterocycles. The molecule has 1 aliphatic heterocycles. The van der Waals surface area contributed by atoms with Crippen molar-refractivity contribution in [2.24, 2.45) is 4.99 Å². The maximum atomic E-state index is 13.7. The zero-order valence-corrected chi connectivity index (χ0v) is 14.6. The number of halogens is 2. The Morgan fingerprint density at radius 1 is 1.25 bits per heavy atom. The Hall–Kier alpha value is -1.73. The van der Waals surface area contributed by atoms with Crippen molar-refractivity contribution in [2.75, 3.05) is 46.8 Å². The molecule has 24 heavy (non-hydrogen) atoms. The first-order valence-corrected chi connectivity index (χ1v) is 8.34. The van der Waals surface area contributed by atoms with E-state index in [9.17, 15) is 8.78 Å². The van der Waals surface area contributed by atoms with E-state index in [1.165, 1.54) is 6.07 Å².